The van der Waals surface area contributed by atoms with Crippen LogP contribution in [0.3, 0.4) is 0 Å². The van der Waals surface area contributed by atoms with Gasteiger partial charge in [-0.15, -0.1) is 0 Å². The lowest BCUT2D eigenvalue weighted by Crippen LogP contribution is -2.13. The lowest BCUT2D eigenvalue weighted by atomic mass is 9.95. The number of nitrogens with one attached hydrogen (secondary N) is 1. The van der Waals surface area contributed by atoms with Gasteiger partial charge in [0, 0.05) is 35.8 Å². The molecule has 1 aliphatic rings. The zero-order valence-electron chi connectivity index (χ0n) is 12.6. The lowest BCUT2D eigenvalue weighted by Gasteiger charge is -2.16. The van der Waals surface area contributed by atoms with Crippen LogP contribution < -0.4 is 5.32 Å². The highest BCUT2D eigenvalue weighted by atomic mass is 16.3. The van der Waals surface area contributed by atoms with Gasteiger partial charge in [-0.25, -0.2) is 9.97 Å². The summed E-state index contributed by atoms with van der Waals surface area (Å²) in [4.78, 5) is 9.33. The normalized spacial score (nSPS) is 18.1. The molecule has 110 valence electrons. The summed E-state index contributed by atoms with van der Waals surface area (Å²) >= 11 is 0. The van der Waals surface area contributed by atoms with Crippen LogP contribution in [-0.4, -0.2) is 28.2 Å². The Bertz CT molecular complexity index is 625. The molecule has 4 nitrogen and oxygen atoms in total. The topological polar surface area (TPSA) is 58.0 Å². The first kappa shape index (κ1) is 14.0. The van der Waals surface area contributed by atoms with E-state index in [1.165, 1.54) is 5.56 Å². The van der Waals surface area contributed by atoms with Crippen LogP contribution in [0.25, 0.3) is 0 Å². The molecule has 0 spiro atoms. The summed E-state index contributed by atoms with van der Waals surface area (Å²) in [5, 5.41) is 13.3. The number of nitrogens with zero attached hydrogens (tertiary/aromatic N) is 2. The van der Waals surface area contributed by atoms with Gasteiger partial charge in [0.1, 0.15) is 11.6 Å². The highest BCUT2D eigenvalue weighted by Crippen LogP contribution is 2.27. The van der Waals surface area contributed by atoms with E-state index in [0.29, 0.717) is 18.1 Å². The van der Waals surface area contributed by atoms with Crippen molar-refractivity contribution in [2.24, 2.45) is 0 Å². The minimum absolute atomic E-state index is 0.306. The van der Waals surface area contributed by atoms with Crippen molar-refractivity contribution in [2.75, 3.05) is 13.1 Å². The van der Waals surface area contributed by atoms with Crippen LogP contribution in [0.1, 0.15) is 40.7 Å². The average Bonchev–Trinajstić information content (AvgIpc) is 2.94. The summed E-state index contributed by atoms with van der Waals surface area (Å²) in [5.41, 5.74) is 4.30. The highest BCUT2D eigenvalue weighted by molar-refractivity contribution is 5.35. The van der Waals surface area contributed by atoms with E-state index in [9.17, 15) is 5.11 Å². The molecule has 2 aromatic rings. The minimum Gasteiger partial charge on any atom is -0.508 e. The molecule has 1 atom stereocenters. The van der Waals surface area contributed by atoms with Crippen LogP contribution in [0.15, 0.2) is 24.3 Å². The maximum absolute atomic E-state index is 9.87. The first-order valence-electron chi connectivity index (χ1n) is 7.46. The van der Waals surface area contributed by atoms with Crippen molar-refractivity contribution in [2.45, 2.75) is 32.6 Å². The summed E-state index contributed by atoms with van der Waals surface area (Å²) in [7, 11) is 0. The molecule has 0 saturated carbocycles. The molecule has 21 heavy (non-hydrogen) atoms. The van der Waals surface area contributed by atoms with Crippen LogP contribution >= 0.6 is 0 Å². The average molecular weight is 283 g/mol. The molecule has 0 radical (unpaired) electrons. The fraction of sp³-hybridized carbons (Fsp3) is 0.412. The second-order valence-corrected chi connectivity index (χ2v) is 5.72. The van der Waals surface area contributed by atoms with E-state index in [2.05, 4.69) is 29.1 Å². The third-order valence-electron chi connectivity index (χ3n) is 4.18. The maximum atomic E-state index is 9.87. The molecule has 1 saturated heterocycles. The van der Waals surface area contributed by atoms with Crippen molar-refractivity contribution in [3.05, 3.63) is 52.6 Å². The molecule has 1 aliphatic heterocycles. The van der Waals surface area contributed by atoms with Crippen LogP contribution in [-0.2, 0) is 6.42 Å². The van der Waals surface area contributed by atoms with Crippen LogP contribution in [0.5, 0.6) is 5.75 Å². The molecule has 2 N–H and O–H groups in total. The Morgan fingerprint density at radius 2 is 1.90 bits per heavy atom. The van der Waals surface area contributed by atoms with Crippen molar-refractivity contribution in [3.8, 4) is 5.75 Å². The number of para-hydroxylation sites is 1. The largest absolute Gasteiger partial charge is 0.508 e. The molecule has 4 heteroatoms. The van der Waals surface area contributed by atoms with Gasteiger partial charge >= 0.3 is 0 Å². The van der Waals surface area contributed by atoms with Gasteiger partial charge in [-0.1, -0.05) is 18.2 Å². The van der Waals surface area contributed by atoms with Crippen molar-refractivity contribution in [1.82, 2.24) is 15.3 Å². The van der Waals surface area contributed by atoms with E-state index in [1.54, 1.807) is 6.07 Å². The number of aromatic hydroxyl groups is 1. The SMILES string of the molecule is Cc1nc(Cc2ccccc2O)nc(C)c1C1CCNC1. The third-order valence-corrected chi connectivity index (χ3v) is 4.18. The maximum Gasteiger partial charge on any atom is 0.133 e. The molecule has 2 heterocycles. The molecule has 3 rings (SSSR count). The summed E-state index contributed by atoms with van der Waals surface area (Å²) in [6, 6.07) is 7.37. The Hall–Kier alpha value is -1.94. The second-order valence-electron chi connectivity index (χ2n) is 5.72. The van der Waals surface area contributed by atoms with E-state index in [1.807, 2.05) is 18.2 Å². The van der Waals surface area contributed by atoms with Gasteiger partial charge < -0.3 is 10.4 Å². The molecule has 0 amide bonds. The zero-order valence-corrected chi connectivity index (χ0v) is 12.6. The molecular weight excluding hydrogens is 262 g/mol. The summed E-state index contributed by atoms with van der Waals surface area (Å²) < 4.78 is 0. The summed E-state index contributed by atoms with van der Waals surface area (Å²) in [6.45, 7) is 6.22. The number of hydrogen-bond donors (Lipinski definition) is 2. The van der Waals surface area contributed by atoms with Crippen molar-refractivity contribution < 1.29 is 5.11 Å². The summed E-state index contributed by atoms with van der Waals surface area (Å²) in [6.07, 6.45) is 1.72. The molecule has 1 fully saturated rings. The van der Waals surface area contributed by atoms with Crippen LogP contribution in [0, 0.1) is 13.8 Å². The van der Waals surface area contributed by atoms with Crippen molar-refractivity contribution in [1.29, 1.82) is 0 Å². The Morgan fingerprint density at radius 1 is 1.19 bits per heavy atom. The first-order valence-corrected chi connectivity index (χ1v) is 7.46. The number of phenolic OH excluding ortho intramolecular Hbond substituents is 1. The van der Waals surface area contributed by atoms with E-state index in [4.69, 9.17) is 0 Å². The molecule has 0 bridgehead atoms. The fourth-order valence-electron chi connectivity index (χ4n) is 3.20. The fourth-order valence-corrected chi connectivity index (χ4v) is 3.20. The van der Waals surface area contributed by atoms with Crippen molar-refractivity contribution in [3.63, 3.8) is 0 Å². The molecule has 1 unspecified atom stereocenters. The number of hydrogen-bond acceptors (Lipinski definition) is 4. The quantitative estimate of drug-likeness (QED) is 0.908. The van der Waals surface area contributed by atoms with Gasteiger partial charge in [0.2, 0.25) is 0 Å². The first-order chi connectivity index (χ1) is 10.1. The highest BCUT2D eigenvalue weighted by Gasteiger charge is 2.22. The summed E-state index contributed by atoms with van der Waals surface area (Å²) in [5.74, 6) is 1.62. The monoisotopic (exact) mass is 283 g/mol. The van der Waals surface area contributed by atoms with E-state index in [-0.39, 0.29) is 0 Å². The molecular formula is C17H21N3O. The van der Waals surface area contributed by atoms with E-state index < -0.39 is 0 Å². The van der Waals surface area contributed by atoms with Gasteiger partial charge in [-0.3, -0.25) is 0 Å². The number of phenols is 1. The lowest BCUT2D eigenvalue weighted by molar-refractivity contribution is 0.469. The molecule has 1 aromatic heterocycles. The Kier molecular flexibility index (Phi) is 3.88. The van der Waals surface area contributed by atoms with Crippen LogP contribution in [0.2, 0.25) is 0 Å². The van der Waals surface area contributed by atoms with Gasteiger partial charge in [-0.2, -0.15) is 0 Å². The number of rotatable bonds is 3. The van der Waals surface area contributed by atoms with Crippen LogP contribution in [0.4, 0.5) is 0 Å². The molecule has 0 aliphatic carbocycles. The van der Waals surface area contributed by atoms with Gasteiger partial charge in [0.15, 0.2) is 0 Å². The van der Waals surface area contributed by atoms with E-state index in [0.717, 1.165) is 42.3 Å². The third kappa shape index (κ3) is 2.90. The Balaban J connectivity index is 1.89. The predicted molar refractivity (Wildman–Crippen MR) is 82.6 cm³/mol. The Morgan fingerprint density at radius 3 is 2.52 bits per heavy atom. The zero-order chi connectivity index (χ0) is 14.8. The van der Waals surface area contributed by atoms with E-state index >= 15 is 0 Å². The second kappa shape index (κ2) is 5.82. The molecule has 1 aromatic carbocycles. The number of benzene rings is 1. The standard InChI is InChI=1S/C17H21N3O/c1-11-17(14-7-8-18-10-14)12(2)20-16(19-11)9-13-5-3-4-6-15(13)21/h3-6,14,18,21H,7-10H2,1-2H3. The number of aromatic nitrogens is 2. The number of aryl methyl sites for hydroxylation is 2. The minimum atomic E-state index is 0.306. The van der Waals surface area contributed by atoms with Gasteiger partial charge in [0.25, 0.3) is 0 Å². The predicted octanol–water partition coefficient (Wildman–Crippen LogP) is 2.47. The smallest absolute Gasteiger partial charge is 0.133 e. The Labute approximate surface area is 125 Å². The van der Waals surface area contributed by atoms with Crippen molar-refractivity contribution >= 4 is 0 Å². The van der Waals surface area contributed by atoms with Gasteiger partial charge in [0.05, 0.1) is 0 Å². The van der Waals surface area contributed by atoms with Gasteiger partial charge in [-0.05, 0) is 38.4 Å².